The monoisotopic (exact) mass is 359 g/mol. The fourth-order valence-electron chi connectivity index (χ4n) is 2.98. The molecule has 3 rings (SSSR count). The van der Waals surface area contributed by atoms with E-state index < -0.39 is 29.7 Å². The molecule has 0 radical (unpaired) electrons. The Bertz CT molecular complexity index is 847. The minimum Gasteiger partial charge on any atom is -0.495 e. The molecule has 1 fully saturated rings. The third-order valence-corrected chi connectivity index (χ3v) is 4.24. The summed E-state index contributed by atoms with van der Waals surface area (Å²) in [7, 11) is 1.39. The van der Waals surface area contributed by atoms with E-state index in [1.54, 1.807) is 13.0 Å². The van der Waals surface area contributed by atoms with Crippen LogP contribution in [0.25, 0.3) is 0 Å². The van der Waals surface area contributed by atoms with Crippen LogP contribution in [0.15, 0.2) is 23.3 Å². The molecule has 1 aromatic carbocycles. The Morgan fingerprint density at radius 1 is 1.27 bits per heavy atom. The number of ketones is 1. The van der Waals surface area contributed by atoms with E-state index in [-0.39, 0.29) is 29.5 Å². The first-order chi connectivity index (χ1) is 12.4. The zero-order valence-electron chi connectivity index (χ0n) is 14.4. The number of anilines is 1. The maximum absolute atomic E-state index is 12.9. The molecule has 0 saturated carbocycles. The van der Waals surface area contributed by atoms with Gasteiger partial charge in [-0.2, -0.15) is 5.10 Å². The van der Waals surface area contributed by atoms with Crippen LogP contribution in [-0.4, -0.2) is 49.0 Å². The largest absolute Gasteiger partial charge is 0.495 e. The van der Waals surface area contributed by atoms with Crippen LogP contribution in [0.3, 0.4) is 0 Å². The van der Waals surface area contributed by atoms with Crippen LogP contribution in [0.2, 0.25) is 0 Å². The molecule has 2 heterocycles. The lowest BCUT2D eigenvalue weighted by molar-refractivity contribution is -0.136. The molecular formula is C17H17N3O6. The number of hydrogen-bond donors (Lipinski definition) is 1. The van der Waals surface area contributed by atoms with E-state index in [0.717, 1.165) is 4.90 Å². The van der Waals surface area contributed by atoms with Gasteiger partial charge in [-0.3, -0.25) is 19.8 Å². The van der Waals surface area contributed by atoms with Crippen molar-refractivity contribution < 1.29 is 28.7 Å². The van der Waals surface area contributed by atoms with E-state index in [1.165, 1.54) is 26.2 Å². The Balaban J connectivity index is 2.01. The van der Waals surface area contributed by atoms with Crippen LogP contribution in [0.4, 0.5) is 5.69 Å². The standard InChI is InChI=1S/C17H17N3O6/c1-4-26-17(24)14-12-13(18-19-14)16(23)20(15(12)22)10-7-9(8(2)21)5-6-11(10)25-3/h5-7,12-13,18H,4H2,1-3H3/t12-,13-/m0/s1. The zero-order chi connectivity index (χ0) is 19.0. The second kappa shape index (κ2) is 6.58. The molecule has 0 unspecified atom stereocenters. The molecule has 136 valence electrons. The fourth-order valence-corrected chi connectivity index (χ4v) is 2.98. The average molecular weight is 359 g/mol. The van der Waals surface area contributed by atoms with Crippen molar-refractivity contribution in [2.45, 2.75) is 19.9 Å². The Kier molecular flexibility index (Phi) is 4.45. The van der Waals surface area contributed by atoms with E-state index in [2.05, 4.69) is 10.5 Å². The summed E-state index contributed by atoms with van der Waals surface area (Å²) in [5, 5.41) is 3.79. The number of hydrogen-bond acceptors (Lipinski definition) is 8. The minimum atomic E-state index is -1.08. The third kappa shape index (κ3) is 2.61. The number of ether oxygens (including phenoxy) is 2. The van der Waals surface area contributed by atoms with Crippen LogP contribution < -0.4 is 15.1 Å². The van der Waals surface area contributed by atoms with Gasteiger partial charge in [-0.1, -0.05) is 0 Å². The zero-order valence-corrected chi connectivity index (χ0v) is 14.4. The van der Waals surface area contributed by atoms with E-state index in [0.29, 0.717) is 5.56 Å². The predicted molar refractivity (Wildman–Crippen MR) is 90.0 cm³/mol. The van der Waals surface area contributed by atoms with Crippen molar-refractivity contribution in [3.8, 4) is 5.75 Å². The molecule has 0 aliphatic carbocycles. The second-order valence-corrected chi connectivity index (χ2v) is 5.76. The number of nitrogens with one attached hydrogen (secondary N) is 1. The van der Waals surface area contributed by atoms with Gasteiger partial charge in [0, 0.05) is 5.56 Å². The summed E-state index contributed by atoms with van der Waals surface area (Å²) in [6.45, 7) is 3.13. The van der Waals surface area contributed by atoms with E-state index >= 15 is 0 Å². The first kappa shape index (κ1) is 17.6. The number of imide groups is 1. The molecule has 2 aliphatic heterocycles. The molecule has 2 atom stereocenters. The van der Waals surface area contributed by atoms with E-state index in [4.69, 9.17) is 9.47 Å². The number of carbonyl (C=O) groups excluding carboxylic acids is 4. The number of Topliss-reactive ketones (excluding diaryl/α,β-unsaturated/α-hetero) is 1. The van der Waals surface area contributed by atoms with Gasteiger partial charge in [0.1, 0.15) is 17.7 Å². The Morgan fingerprint density at radius 3 is 2.62 bits per heavy atom. The van der Waals surface area contributed by atoms with Gasteiger partial charge in [-0.25, -0.2) is 9.69 Å². The summed E-state index contributed by atoms with van der Waals surface area (Å²) in [5.41, 5.74) is 2.86. The maximum atomic E-state index is 12.9. The Morgan fingerprint density at radius 2 is 2.00 bits per heavy atom. The molecule has 0 aromatic heterocycles. The summed E-state index contributed by atoms with van der Waals surface area (Å²) in [6.07, 6.45) is 0. The van der Waals surface area contributed by atoms with Crippen LogP contribution >= 0.6 is 0 Å². The molecule has 0 bridgehead atoms. The molecule has 2 aliphatic rings. The number of benzene rings is 1. The normalized spacial score (nSPS) is 21.2. The first-order valence-electron chi connectivity index (χ1n) is 7.97. The summed E-state index contributed by atoms with van der Waals surface area (Å²) in [5.74, 6) is -3.00. The van der Waals surface area contributed by atoms with Gasteiger partial charge >= 0.3 is 5.97 Å². The van der Waals surface area contributed by atoms with Crippen molar-refractivity contribution in [1.82, 2.24) is 5.43 Å². The van der Waals surface area contributed by atoms with Crippen LogP contribution in [0.5, 0.6) is 5.75 Å². The summed E-state index contributed by atoms with van der Waals surface area (Å²) < 4.78 is 10.1. The number of rotatable bonds is 5. The molecule has 1 aromatic rings. The fraction of sp³-hybridized carbons (Fsp3) is 0.353. The maximum Gasteiger partial charge on any atom is 0.355 e. The highest BCUT2D eigenvalue weighted by Crippen LogP contribution is 2.36. The van der Waals surface area contributed by atoms with Crippen molar-refractivity contribution in [3.05, 3.63) is 23.8 Å². The number of esters is 1. The highest BCUT2D eigenvalue weighted by atomic mass is 16.5. The van der Waals surface area contributed by atoms with Crippen LogP contribution in [0.1, 0.15) is 24.2 Å². The molecule has 26 heavy (non-hydrogen) atoms. The molecular weight excluding hydrogens is 342 g/mol. The van der Waals surface area contributed by atoms with Crippen LogP contribution in [0, 0.1) is 5.92 Å². The molecule has 9 heteroatoms. The lowest BCUT2D eigenvalue weighted by Crippen LogP contribution is -2.36. The van der Waals surface area contributed by atoms with Gasteiger partial charge in [0.15, 0.2) is 11.5 Å². The van der Waals surface area contributed by atoms with Gasteiger partial charge in [0.2, 0.25) is 5.91 Å². The van der Waals surface area contributed by atoms with Gasteiger partial charge in [0.05, 0.1) is 19.4 Å². The number of nitrogens with zero attached hydrogens (tertiary/aromatic N) is 2. The van der Waals surface area contributed by atoms with Gasteiger partial charge in [-0.05, 0) is 32.0 Å². The van der Waals surface area contributed by atoms with Crippen molar-refractivity contribution in [1.29, 1.82) is 0 Å². The molecule has 2 amide bonds. The lowest BCUT2D eigenvalue weighted by atomic mass is 9.99. The van der Waals surface area contributed by atoms with Crippen molar-refractivity contribution in [2.24, 2.45) is 11.0 Å². The minimum absolute atomic E-state index is 0.121. The lowest BCUT2D eigenvalue weighted by Gasteiger charge is -2.19. The van der Waals surface area contributed by atoms with E-state index in [1.807, 2.05) is 0 Å². The molecule has 1 saturated heterocycles. The van der Waals surface area contributed by atoms with Crippen molar-refractivity contribution in [2.75, 3.05) is 18.6 Å². The number of hydrazone groups is 1. The summed E-state index contributed by atoms with van der Waals surface area (Å²) in [6, 6.07) is 3.47. The Labute approximate surface area is 148 Å². The average Bonchev–Trinajstić information content (AvgIpc) is 3.15. The first-order valence-corrected chi connectivity index (χ1v) is 7.97. The Hall–Kier alpha value is -3.23. The quantitative estimate of drug-likeness (QED) is 0.456. The van der Waals surface area contributed by atoms with Crippen molar-refractivity contribution in [3.63, 3.8) is 0 Å². The van der Waals surface area contributed by atoms with Gasteiger partial charge in [0.25, 0.3) is 5.91 Å². The second-order valence-electron chi connectivity index (χ2n) is 5.76. The summed E-state index contributed by atoms with van der Waals surface area (Å²) >= 11 is 0. The van der Waals surface area contributed by atoms with Gasteiger partial charge in [-0.15, -0.1) is 0 Å². The predicted octanol–water partition coefficient (Wildman–Crippen LogP) is 0.278. The molecule has 9 nitrogen and oxygen atoms in total. The number of amides is 2. The third-order valence-electron chi connectivity index (χ3n) is 4.24. The number of methoxy groups -OCH3 is 1. The molecule has 0 spiro atoms. The SMILES string of the molecule is CCOC(=O)C1=NN[C@@H]2C(=O)N(c3cc(C(C)=O)ccc3OC)C(=O)[C@H]12. The van der Waals surface area contributed by atoms with Gasteiger partial charge < -0.3 is 9.47 Å². The highest BCUT2D eigenvalue weighted by molar-refractivity contribution is 6.46. The van der Waals surface area contributed by atoms with Crippen LogP contribution in [-0.2, 0) is 19.1 Å². The smallest absolute Gasteiger partial charge is 0.355 e. The topological polar surface area (TPSA) is 114 Å². The van der Waals surface area contributed by atoms with Crippen molar-refractivity contribution >= 4 is 35.0 Å². The molecule has 1 N–H and O–H groups in total. The number of fused-ring (bicyclic) bond motifs is 1. The number of carbonyl (C=O) groups is 4. The summed E-state index contributed by atoms with van der Waals surface area (Å²) in [4.78, 5) is 50.2. The highest BCUT2D eigenvalue weighted by Gasteiger charge is 2.56. The van der Waals surface area contributed by atoms with E-state index in [9.17, 15) is 19.2 Å².